The van der Waals surface area contributed by atoms with Gasteiger partial charge in [0.1, 0.15) is 11.6 Å². The van der Waals surface area contributed by atoms with Gasteiger partial charge >= 0.3 is 0 Å². The monoisotopic (exact) mass is 205 g/mol. The molecule has 0 radical (unpaired) electrons. The summed E-state index contributed by atoms with van der Waals surface area (Å²) in [7, 11) is 0. The van der Waals surface area contributed by atoms with Crippen LogP contribution in [0.5, 0.6) is 0 Å². The molecule has 0 saturated heterocycles. The van der Waals surface area contributed by atoms with Crippen molar-refractivity contribution in [3.63, 3.8) is 0 Å². The Hall–Kier alpha value is -2.10. The SMILES string of the molecule is NC(=O)c1ccc(F)c(-c2ccco2)c1. The van der Waals surface area contributed by atoms with E-state index in [4.69, 9.17) is 10.2 Å². The zero-order valence-corrected chi connectivity index (χ0v) is 7.74. The molecule has 0 aliphatic rings. The summed E-state index contributed by atoms with van der Waals surface area (Å²) in [4.78, 5) is 10.9. The maximum atomic E-state index is 13.4. The first kappa shape index (κ1) is 9.45. The first-order valence-corrected chi connectivity index (χ1v) is 4.31. The van der Waals surface area contributed by atoms with Crippen LogP contribution in [0, 0.1) is 5.82 Å². The largest absolute Gasteiger partial charge is 0.464 e. The average molecular weight is 205 g/mol. The summed E-state index contributed by atoms with van der Waals surface area (Å²) < 4.78 is 18.4. The molecule has 76 valence electrons. The summed E-state index contributed by atoms with van der Waals surface area (Å²) in [6.07, 6.45) is 1.44. The van der Waals surface area contributed by atoms with Crippen molar-refractivity contribution in [2.45, 2.75) is 0 Å². The lowest BCUT2D eigenvalue weighted by molar-refractivity contribution is 0.100. The molecule has 0 bridgehead atoms. The van der Waals surface area contributed by atoms with Gasteiger partial charge in [-0.3, -0.25) is 4.79 Å². The molecule has 3 nitrogen and oxygen atoms in total. The molecule has 0 aliphatic heterocycles. The minimum atomic E-state index is -0.595. The molecule has 0 fully saturated rings. The van der Waals surface area contributed by atoms with Crippen molar-refractivity contribution in [3.8, 4) is 11.3 Å². The van der Waals surface area contributed by atoms with Crippen LogP contribution in [0.2, 0.25) is 0 Å². The molecule has 15 heavy (non-hydrogen) atoms. The maximum absolute atomic E-state index is 13.4. The van der Waals surface area contributed by atoms with E-state index >= 15 is 0 Å². The van der Waals surface area contributed by atoms with E-state index in [1.807, 2.05) is 0 Å². The third kappa shape index (κ3) is 1.74. The summed E-state index contributed by atoms with van der Waals surface area (Å²) in [5, 5.41) is 0. The predicted molar refractivity (Wildman–Crippen MR) is 52.6 cm³/mol. The normalized spacial score (nSPS) is 10.2. The Morgan fingerprint density at radius 3 is 2.73 bits per heavy atom. The number of nitrogens with two attached hydrogens (primary N) is 1. The number of amides is 1. The fraction of sp³-hybridized carbons (Fsp3) is 0. The lowest BCUT2D eigenvalue weighted by Gasteiger charge is -2.01. The van der Waals surface area contributed by atoms with Gasteiger partial charge in [-0.25, -0.2) is 4.39 Å². The Bertz CT molecular complexity index is 491. The Kier molecular flexibility index (Phi) is 2.25. The van der Waals surface area contributed by atoms with Gasteiger partial charge in [0, 0.05) is 5.56 Å². The number of rotatable bonds is 2. The number of furan rings is 1. The molecular weight excluding hydrogens is 197 g/mol. The lowest BCUT2D eigenvalue weighted by Crippen LogP contribution is -2.10. The topological polar surface area (TPSA) is 56.2 Å². The van der Waals surface area contributed by atoms with Crippen molar-refractivity contribution in [1.82, 2.24) is 0 Å². The third-order valence-corrected chi connectivity index (χ3v) is 2.04. The van der Waals surface area contributed by atoms with E-state index in [0.29, 0.717) is 5.76 Å². The highest BCUT2D eigenvalue weighted by Gasteiger charge is 2.10. The van der Waals surface area contributed by atoms with Crippen LogP contribution in [-0.2, 0) is 0 Å². The number of hydrogen-bond acceptors (Lipinski definition) is 2. The highest BCUT2D eigenvalue weighted by Crippen LogP contribution is 2.24. The molecule has 2 N–H and O–H groups in total. The molecule has 1 amide bonds. The zero-order valence-electron chi connectivity index (χ0n) is 7.74. The van der Waals surface area contributed by atoms with Crippen molar-refractivity contribution in [2.24, 2.45) is 5.73 Å². The van der Waals surface area contributed by atoms with Crippen LogP contribution >= 0.6 is 0 Å². The fourth-order valence-corrected chi connectivity index (χ4v) is 1.30. The van der Waals surface area contributed by atoms with E-state index in [1.54, 1.807) is 12.1 Å². The van der Waals surface area contributed by atoms with Gasteiger partial charge in [-0.2, -0.15) is 0 Å². The van der Waals surface area contributed by atoms with E-state index < -0.39 is 11.7 Å². The van der Waals surface area contributed by atoms with E-state index in [9.17, 15) is 9.18 Å². The van der Waals surface area contributed by atoms with Gasteiger partial charge in [0.2, 0.25) is 5.91 Å². The molecule has 0 atom stereocenters. The molecule has 0 aliphatic carbocycles. The Morgan fingerprint density at radius 1 is 1.33 bits per heavy atom. The number of carbonyl (C=O) groups excluding carboxylic acids is 1. The van der Waals surface area contributed by atoms with Gasteiger partial charge < -0.3 is 10.2 Å². The number of halogens is 1. The Morgan fingerprint density at radius 2 is 2.13 bits per heavy atom. The minimum Gasteiger partial charge on any atom is -0.464 e. The maximum Gasteiger partial charge on any atom is 0.248 e. The van der Waals surface area contributed by atoms with Gasteiger partial charge in [0.25, 0.3) is 0 Å². The van der Waals surface area contributed by atoms with E-state index in [-0.39, 0.29) is 11.1 Å². The second-order valence-electron chi connectivity index (χ2n) is 3.04. The summed E-state index contributed by atoms with van der Waals surface area (Å²) in [6.45, 7) is 0. The summed E-state index contributed by atoms with van der Waals surface area (Å²) in [5.41, 5.74) is 5.58. The van der Waals surface area contributed by atoms with Crippen LogP contribution < -0.4 is 5.73 Å². The molecule has 1 heterocycles. The number of hydrogen-bond donors (Lipinski definition) is 1. The number of primary amides is 1. The smallest absolute Gasteiger partial charge is 0.248 e. The molecular formula is C11H8FNO2. The van der Waals surface area contributed by atoms with Crippen molar-refractivity contribution in [2.75, 3.05) is 0 Å². The molecule has 4 heteroatoms. The fourth-order valence-electron chi connectivity index (χ4n) is 1.30. The first-order valence-electron chi connectivity index (χ1n) is 4.31. The van der Waals surface area contributed by atoms with Crippen molar-refractivity contribution < 1.29 is 13.6 Å². The van der Waals surface area contributed by atoms with Crippen LogP contribution in [0.25, 0.3) is 11.3 Å². The van der Waals surface area contributed by atoms with E-state index in [2.05, 4.69) is 0 Å². The van der Waals surface area contributed by atoms with Crippen molar-refractivity contribution in [1.29, 1.82) is 0 Å². The molecule has 1 aromatic carbocycles. The quantitative estimate of drug-likeness (QED) is 0.816. The predicted octanol–water partition coefficient (Wildman–Crippen LogP) is 2.18. The Balaban J connectivity index is 2.55. The molecule has 0 saturated carbocycles. The van der Waals surface area contributed by atoms with E-state index in [0.717, 1.165) is 0 Å². The number of benzene rings is 1. The van der Waals surface area contributed by atoms with Gasteiger partial charge in [-0.05, 0) is 30.3 Å². The van der Waals surface area contributed by atoms with Gasteiger partial charge in [0.05, 0.1) is 11.8 Å². The van der Waals surface area contributed by atoms with Crippen molar-refractivity contribution >= 4 is 5.91 Å². The molecule has 0 spiro atoms. The van der Waals surface area contributed by atoms with Gasteiger partial charge in [-0.1, -0.05) is 0 Å². The zero-order chi connectivity index (χ0) is 10.8. The van der Waals surface area contributed by atoms with Crippen LogP contribution in [0.4, 0.5) is 4.39 Å². The van der Waals surface area contributed by atoms with E-state index in [1.165, 1.54) is 24.5 Å². The molecule has 0 unspecified atom stereocenters. The summed E-state index contributed by atoms with van der Waals surface area (Å²) >= 11 is 0. The number of carbonyl (C=O) groups is 1. The standard InChI is InChI=1S/C11H8FNO2/c12-9-4-3-7(11(13)14)6-8(9)10-2-1-5-15-10/h1-6H,(H2,13,14). The molecule has 2 rings (SSSR count). The molecule has 2 aromatic rings. The first-order chi connectivity index (χ1) is 7.18. The summed E-state index contributed by atoms with van der Waals surface area (Å²) in [6, 6.07) is 7.16. The van der Waals surface area contributed by atoms with Crippen LogP contribution in [0.1, 0.15) is 10.4 Å². The Labute approximate surface area is 85.3 Å². The molecule has 1 aromatic heterocycles. The van der Waals surface area contributed by atoms with Gasteiger partial charge in [-0.15, -0.1) is 0 Å². The highest BCUT2D eigenvalue weighted by atomic mass is 19.1. The second kappa shape index (κ2) is 3.57. The second-order valence-corrected chi connectivity index (χ2v) is 3.04. The minimum absolute atomic E-state index is 0.233. The average Bonchev–Trinajstić information content (AvgIpc) is 2.71. The van der Waals surface area contributed by atoms with Crippen molar-refractivity contribution in [3.05, 3.63) is 48.0 Å². The lowest BCUT2D eigenvalue weighted by atomic mass is 10.1. The van der Waals surface area contributed by atoms with Crippen LogP contribution in [-0.4, -0.2) is 5.91 Å². The van der Waals surface area contributed by atoms with Crippen LogP contribution in [0.3, 0.4) is 0 Å². The van der Waals surface area contributed by atoms with Crippen LogP contribution in [0.15, 0.2) is 41.0 Å². The van der Waals surface area contributed by atoms with Gasteiger partial charge in [0.15, 0.2) is 0 Å². The third-order valence-electron chi connectivity index (χ3n) is 2.04. The summed E-state index contributed by atoms with van der Waals surface area (Å²) in [5.74, 6) is -0.673. The highest BCUT2D eigenvalue weighted by molar-refractivity contribution is 5.93.